The van der Waals surface area contributed by atoms with E-state index in [2.05, 4.69) is 167 Å². The number of hydrogen-bond donors (Lipinski definition) is 0. The van der Waals surface area contributed by atoms with Crippen molar-refractivity contribution in [1.82, 2.24) is 0 Å². The van der Waals surface area contributed by atoms with Gasteiger partial charge in [-0.25, -0.2) is 0 Å². The van der Waals surface area contributed by atoms with Gasteiger partial charge in [-0.15, -0.1) is 0 Å². The molecule has 0 aromatic carbocycles. The third-order valence-corrected chi connectivity index (χ3v) is 11.6. The molecule has 6 heteroatoms. The van der Waals surface area contributed by atoms with Crippen LogP contribution in [0.25, 0.3) is 0 Å². The van der Waals surface area contributed by atoms with Crippen molar-refractivity contribution in [2.45, 2.75) is 239 Å². The van der Waals surface area contributed by atoms with Crippen LogP contribution in [0.2, 0.25) is 0 Å². The molecule has 0 aromatic heterocycles. The Bertz CT molecular complexity index is 1610. The number of hydrogen-bond acceptors (Lipinski definition) is 6. The quantitative estimate of drug-likeness (QED) is 0.0261. The van der Waals surface area contributed by atoms with Gasteiger partial charge in [0.05, 0.1) is 0 Å². The third kappa shape index (κ3) is 56.2. The molecule has 0 saturated heterocycles. The summed E-state index contributed by atoms with van der Waals surface area (Å²) in [6, 6.07) is 0. The van der Waals surface area contributed by atoms with E-state index in [9.17, 15) is 14.4 Å². The standard InChI is InChI=1S/C66H104O6/c1-4-7-10-13-16-19-22-25-28-31-33-35-38-41-44-47-50-53-56-59-65(68)71-62-63(61-70-64(67)58-55-52-49-46-43-40-37-30-27-24-21-18-15-12-9-6-3)72-66(69)60-57-54-51-48-45-42-39-36-34-32-29-26-23-20-17-14-11-8-5-2/h7-12,16-21,25-30,33-36,41,44,63H,4-6,13-15,22-24,31-32,37-40,42-43,45-62H2,1-3H3/b10-7-,11-8-,12-9-,19-16-,20-17-,21-18-,28-25-,29-26-,30-27-,35-33-,36-34-,44-41-. The number of carbonyl (C=O) groups is 3. The molecule has 0 heterocycles. The van der Waals surface area contributed by atoms with E-state index in [4.69, 9.17) is 14.2 Å². The highest BCUT2D eigenvalue weighted by molar-refractivity contribution is 5.71. The SMILES string of the molecule is CC/C=C\C/C=C\C/C=C\C/C=C\C/C=C\CCCCCC(=O)OCC(COC(=O)CCCCCCCC/C=C\C/C=C\C/C=C\CC)OC(=O)CCCCCCCC/C=C\C/C=C\C/C=C\C/C=C\CC. The van der Waals surface area contributed by atoms with E-state index in [1.54, 1.807) is 0 Å². The molecule has 1 atom stereocenters. The van der Waals surface area contributed by atoms with Crippen molar-refractivity contribution in [3.05, 3.63) is 146 Å². The summed E-state index contributed by atoms with van der Waals surface area (Å²) in [5, 5.41) is 0. The molecule has 0 bridgehead atoms. The molecule has 0 aliphatic carbocycles. The average Bonchev–Trinajstić information content (AvgIpc) is 3.38. The van der Waals surface area contributed by atoms with Crippen LogP contribution in [0.1, 0.15) is 233 Å². The fourth-order valence-corrected chi connectivity index (χ4v) is 7.36. The molecular formula is C66H104O6. The first-order valence-corrected chi connectivity index (χ1v) is 28.8. The van der Waals surface area contributed by atoms with Gasteiger partial charge in [0.15, 0.2) is 6.10 Å². The van der Waals surface area contributed by atoms with Crippen LogP contribution in [0.15, 0.2) is 146 Å². The van der Waals surface area contributed by atoms with E-state index in [1.807, 2.05) is 0 Å². The Morgan fingerprint density at radius 2 is 0.500 bits per heavy atom. The first-order chi connectivity index (χ1) is 35.5. The number of carbonyl (C=O) groups excluding carboxylic acids is 3. The first kappa shape index (κ1) is 67.3. The summed E-state index contributed by atoms with van der Waals surface area (Å²) < 4.78 is 16.8. The lowest BCUT2D eigenvalue weighted by Crippen LogP contribution is -2.30. The van der Waals surface area contributed by atoms with E-state index < -0.39 is 6.10 Å². The van der Waals surface area contributed by atoms with Crippen LogP contribution in [0.4, 0.5) is 0 Å². The fourth-order valence-electron chi connectivity index (χ4n) is 7.36. The molecule has 0 fully saturated rings. The van der Waals surface area contributed by atoms with Crippen molar-refractivity contribution in [3.63, 3.8) is 0 Å². The highest BCUT2D eigenvalue weighted by Gasteiger charge is 2.19. The highest BCUT2D eigenvalue weighted by Crippen LogP contribution is 2.13. The zero-order valence-corrected chi connectivity index (χ0v) is 46.1. The third-order valence-electron chi connectivity index (χ3n) is 11.6. The van der Waals surface area contributed by atoms with Crippen molar-refractivity contribution in [1.29, 1.82) is 0 Å². The summed E-state index contributed by atoms with van der Waals surface area (Å²) in [4.78, 5) is 38.2. The van der Waals surface area contributed by atoms with Crippen molar-refractivity contribution < 1.29 is 28.6 Å². The monoisotopic (exact) mass is 993 g/mol. The van der Waals surface area contributed by atoms with E-state index in [0.717, 1.165) is 167 Å². The van der Waals surface area contributed by atoms with Gasteiger partial charge < -0.3 is 14.2 Å². The highest BCUT2D eigenvalue weighted by atomic mass is 16.6. The van der Waals surface area contributed by atoms with Crippen LogP contribution < -0.4 is 0 Å². The average molecular weight is 994 g/mol. The molecule has 0 N–H and O–H groups in total. The van der Waals surface area contributed by atoms with Crippen LogP contribution in [0.3, 0.4) is 0 Å². The van der Waals surface area contributed by atoms with Crippen molar-refractivity contribution >= 4 is 17.9 Å². The van der Waals surface area contributed by atoms with Gasteiger partial charge in [-0.05, 0) is 135 Å². The molecule has 0 spiro atoms. The van der Waals surface area contributed by atoms with Gasteiger partial charge in [0, 0.05) is 19.3 Å². The number of rotatable bonds is 50. The Morgan fingerprint density at radius 1 is 0.278 bits per heavy atom. The molecule has 0 radical (unpaired) electrons. The number of ether oxygens (including phenoxy) is 3. The molecular weight excluding hydrogens is 889 g/mol. The smallest absolute Gasteiger partial charge is 0.306 e. The minimum absolute atomic E-state index is 0.108. The maximum Gasteiger partial charge on any atom is 0.306 e. The molecule has 0 saturated carbocycles. The summed E-state index contributed by atoms with van der Waals surface area (Å²) in [5.74, 6) is -0.972. The van der Waals surface area contributed by atoms with Crippen LogP contribution >= 0.6 is 0 Å². The van der Waals surface area contributed by atoms with Gasteiger partial charge in [0.1, 0.15) is 13.2 Å². The Kier molecular flexibility index (Phi) is 55.0. The van der Waals surface area contributed by atoms with Gasteiger partial charge >= 0.3 is 17.9 Å². The zero-order valence-electron chi connectivity index (χ0n) is 46.1. The minimum atomic E-state index is -0.813. The van der Waals surface area contributed by atoms with Crippen LogP contribution in [0.5, 0.6) is 0 Å². The van der Waals surface area contributed by atoms with E-state index in [1.165, 1.54) is 25.7 Å². The van der Waals surface area contributed by atoms with E-state index >= 15 is 0 Å². The zero-order chi connectivity index (χ0) is 52.2. The lowest BCUT2D eigenvalue weighted by Gasteiger charge is -2.18. The fraction of sp³-hybridized carbons (Fsp3) is 0.591. The topological polar surface area (TPSA) is 78.9 Å². The van der Waals surface area contributed by atoms with Crippen LogP contribution in [-0.4, -0.2) is 37.2 Å². The van der Waals surface area contributed by atoms with Gasteiger partial charge in [-0.2, -0.15) is 0 Å². The molecule has 0 aromatic rings. The summed E-state index contributed by atoms with van der Waals surface area (Å²) >= 11 is 0. The molecule has 0 rings (SSSR count). The summed E-state index contributed by atoms with van der Waals surface area (Å²) in [6.45, 7) is 6.24. The van der Waals surface area contributed by atoms with Gasteiger partial charge in [-0.3, -0.25) is 14.4 Å². The molecule has 404 valence electrons. The van der Waals surface area contributed by atoms with E-state index in [-0.39, 0.29) is 31.1 Å². The lowest BCUT2D eigenvalue weighted by molar-refractivity contribution is -0.167. The Hall–Kier alpha value is -4.71. The molecule has 6 nitrogen and oxygen atoms in total. The van der Waals surface area contributed by atoms with Gasteiger partial charge in [0.25, 0.3) is 0 Å². The maximum atomic E-state index is 12.9. The first-order valence-electron chi connectivity index (χ1n) is 28.8. The number of unbranched alkanes of at least 4 members (excludes halogenated alkanes) is 15. The predicted octanol–water partition coefficient (Wildman–Crippen LogP) is 19.6. The lowest BCUT2D eigenvalue weighted by atomic mass is 10.1. The van der Waals surface area contributed by atoms with Crippen molar-refractivity contribution in [3.8, 4) is 0 Å². The number of esters is 3. The Morgan fingerprint density at radius 3 is 0.792 bits per heavy atom. The molecule has 0 aliphatic heterocycles. The molecule has 1 unspecified atom stereocenters. The second-order valence-corrected chi connectivity index (χ2v) is 18.4. The molecule has 72 heavy (non-hydrogen) atoms. The van der Waals surface area contributed by atoms with Crippen LogP contribution in [-0.2, 0) is 28.6 Å². The minimum Gasteiger partial charge on any atom is -0.462 e. The molecule has 0 aliphatic rings. The van der Waals surface area contributed by atoms with E-state index in [0.29, 0.717) is 19.3 Å². The predicted molar refractivity (Wildman–Crippen MR) is 311 cm³/mol. The van der Waals surface area contributed by atoms with Crippen molar-refractivity contribution in [2.24, 2.45) is 0 Å². The normalized spacial score (nSPS) is 13.2. The second-order valence-electron chi connectivity index (χ2n) is 18.4. The largest absolute Gasteiger partial charge is 0.462 e. The number of allylic oxidation sites excluding steroid dienone is 24. The van der Waals surface area contributed by atoms with Crippen LogP contribution in [0, 0.1) is 0 Å². The summed E-state index contributed by atoms with van der Waals surface area (Å²) in [6.07, 6.45) is 84.0. The summed E-state index contributed by atoms with van der Waals surface area (Å²) in [5.41, 5.74) is 0. The second kappa shape index (κ2) is 58.9. The van der Waals surface area contributed by atoms with Crippen molar-refractivity contribution in [2.75, 3.05) is 13.2 Å². The molecule has 0 amide bonds. The maximum absolute atomic E-state index is 12.9. The summed E-state index contributed by atoms with van der Waals surface area (Å²) in [7, 11) is 0. The Labute approximate surface area is 442 Å². The van der Waals surface area contributed by atoms with Gasteiger partial charge in [0.2, 0.25) is 0 Å². The Balaban J connectivity index is 4.53. The van der Waals surface area contributed by atoms with Gasteiger partial charge in [-0.1, -0.05) is 224 Å².